The van der Waals surface area contributed by atoms with E-state index in [2.05, 4.69) is 11.7 Å². The van der Waals surface area contributed by atoms with Gasteiger partial charge in [-0.25, -0.2) is 0 Å². The molecule has 0 bridgehead atoms. The van der Waals surface area contributed by atoms with Crippen LogP contribution in [0.25, 0.3) is 0 Å². The monoisotopic (exact) mass is 284 g/mol. The highest BCUT2D eigenvalue weighted by Gasteiger charge is 2.04. The molecule has 1 unspecified atom stereocenters. The number of carbonyl (C=O) groups is 1. The number of rotatable bonds is 13. The van der Waals surface area contributed by atoms with Gasteiger partial charge in [-0.2, -0.15) is 0 Å². The van der Waals surface area contributed by atoms with Crippen LogP contribution in [-0.4, -0.2) is 24.3 Å². The van der Waals surface area contributed by atoms with Crippen molar-refractivity contribution in [2.45, 2.75) is 83.7 Å². The number of allylic oxidation sites excluding steroid dienone is 1. The number of esters is 1. The van der Waals surface area contributed by atoms with Crippen molar-refractivity contribution < 1.29 is 14.6 Å². The van der Waals surface area contributed by atoms with Gasteiger partial charge in [0.25, 0.3) is 0 Å². The van der Waals surface area contributed by atoms with Crippen LogP contribution >= 0.6 is 0 Å². The largest absolute Gasteiger partial charge is 0.469 e. The van der Waals surface area contributed by atoms with Crippen LogP contribution in [0.1, 0.15) is 77.6 Å². The second-order valence-corrected chi connectivity index (χ2v) is 5.37. The van der Waals surface area contributed by atoms with Gasteiger partial charge in [0.15, 0.2) is 0 Å². The fourth-order valence-electron chi connectivity index (χ4n) is 2.11. The SMILES string of the molecule is CCCCCCCCCC/C=C/C(O)CCC(=O)OC. The van der Waals surface area contributed by atoms with Crippen molar-refractivity contribution in [2.24, 2.45) is 0 Å². The van der Waals surface area contributed by atoms with Crippen molar-refractivity contribution in [2.75, 3.05) is 7.11 Å². The number of carbonyl (C=O) groups excluding carboxylic acids is 1. The summed E-state index contributed by atoms with van der Waals surface area (Å²) < 4.78 is 4.53. The van der Waals surface area contributed by atoms with Crippen molar-refractivity contribution in [3.8, 4) is 0 Å². The number of unbranched alkanes of at least 4 members (excludes halogenated alkanes) is 8. The summed E-state index contributed by atoms with van der Waals surface area (Å²) in [6.45, 7) is 2.24. The van der Waals surface area contributed by atoms with E-state index >= 15 is 0 Å². The van der Waals surface area contributed by atoms with Crippen LogP contribution in [0.4, 0.5) is 0 Å². The van der Waals surface area contributed by atoms with Crippen LogP contribution in [0, 0.1) is 0 Å². The Morgan fingerprint density at radius 1 is 1.10 bits per heavy atom. The van der Waals surface area contributed by atoms with Crippen LogP contribution in [0.3, 0.4) is 0 Å². The molecule has 0 saturated heterocycles. The fraction of sp³-hybridized carbons (Fsp3) is 0.824. The second-order valence-electron chi connectivity index (χ2n) is 5.37. The molecular formula is C17H32O3. The minimum atomic E-state index is -0.525. The van der Waals surface area contributed by atoms with E-state index in [1.54, 1.807) is 6.08 Å². The van der Waals surface area contributed by atoms with Gasteiger partial charge in [0.2, 0.25) is 0 Å². The second kappa shape index (κ2) is 14.6. The van der Waals surface area contributed by atoms with Crippen LogP contribution in [0.15, 0.2) is 12.2 Å². The maximum absolute atomic E-state index is 10.9. The fourth-order valence-corrected chi connectivity index (χ4v) is 2.11. The molecule has 1 atom stereocenters. The molecule has 0 radical (unpaired) electrons. The van der Waals surface area contributed by atoms with Gasteiger partial charge in [-0.05, 0) is 19.3 Å². The van der Waals surface area contributed by atoms with Gasteiger partial charge in [-0.3, -0.25) is 4.79 Å². The molecule has 0 fully saturated rings. The molecule has 1 N–H and O–H groups in total. The number of aliphatic hydroxyl groups excluding tert-OH is 1. The highest BCUT2D eigenvalue weighted by molar-refractivity contribution is 5.69. The van der Waals surface area contributed by atoms with Gasteiger partial charge in [-0.1, -0.05) is 64.0 Å². The zero-order valence-corrected chi connectivity index (χ0v) is 13.3. The summed E-state index contributed by atoms with van der Waals surface area (Å²) in [6, 6.07) is 0. The first kappa shape index (κ1) is 19.2. The molecule has 0 aromatic carbocycles. The van der Waals surface area contributed by atoms with Gasteiger partial charge in [0, 0.05) is 6.42 Å². The van der Waals surface area contributed by atoms with Gasteiger partial charge in [-0.15, -0.1) is 0 Å². The first-order valence-electron chi connectivity index (χ1n) is 8.12. The minimum absolute atomic E-state index is 0.263. The van der Waals surface area contributed by atoms with Crippen LogP contribution in [0.2, 0.25) is 0 Å². The molecule has 0 aromatic rings. The van der Waals surface area contributed by atoms with Crippen molar-refractivity contribution in [1.82, 2.24) is 0 Å². The lowest BCUT2D eigenvalue weighted by Gasteiger charge is -2.04. The molecule has 3 nitrogen and oxygen atoms in total. The van der Waals surface area contributed by atoms with E-state index in [-0.39, 0.29) is 12.4 Å². The summed E-state index contributed by atoms with van der Waals surface area (Å²) in [5.74, 6) is -0.263. The summed E-state index contributed by atoms with van der Waals surface area (Å²) in [4.78, 5) is 10.9. The standard InChI is InChI=1S/C17H32O3/c1-3-4-5-6-7-8-9-10-11-12-13-16(18)14-15-17(19)20-2/h12-13,16,18H,3-11,14-15H2,1-2H3/b13-12+. The van der Waals surface area contributed by atoms with E-state index in [4.69, 9.17) is 0 Å². The zero-order chi connectivity index (χ0) is 15.1. The Hall–Kier alpha value is -0.830. The Kier molecular flexibility index (Phi) is 14.0. The van der Waals surface area contributed by atoms with E-state index in [9.17, 15) is 9.90 Å². The third-order valence-electron chi connectivity index (χ3n) is 3.45. The molecule has 0 aliphatic heterocycles. The molecule has 20 heavy (non-hydrogen) atoms. The van der Waals surface area contributed by atoms with Crippen molar-refractivity contribution in [1.29, 1.82) is 0 Å². The number of methoxy groups -OCH3 is 1. The van der Waals surface area contributed by atoms with Crippen LogP contribution in [0.5, 0.6) is 0 Å². The molecule has 0 aliphatic carbocycles. The molecule has 0 spiro atoms. The Balaban J connectivity index is 3.32. The van der Waals surface area contributed by atoms with E-state index < -0.39 is 6.10 Å². The Morgan fingerprint density at radius 2 is 1.70 bits per heavy atom. The third kappa shape index (κ3) is 13.6. The maximum Gasteiger partial charge on any atom is 0.305 e. The summed E-state index contributed by atoms with van der Waals surface area (Å²) in [6.07, 6.45) is 15.6. The Morgan fingerprint density at radius 3 is 2.30 bits per heavy atom. The van der Waals surface area contributed by atoms with Gasteiger partial charge in [0.1, 0.15) is 0 Å². The molecule has 0 aliphatic rings. The highest BCUT2D eigenvalue weighted by Crippen LogP contribution is 2.10. The van der Waals surface area contributed by atoms with Crippen molar-refractivity contribution in [3.63, 3.8) is 0 Å². The maximum atomic E-state index is 10.9. The normalized spacial score (nSPS) is 12.8. The summed E-state index contributed by atoms with van der Waals surface area (Å²) in [5, 5.41) is 9.62. The van der Waals surface area contributed by atoms with Crippen molar-refractivity contribution in [3.05, 3.63) is 12.2 Å². The Bertz CT molecular complexity index is 249. The van der Waals surface area contributed by atoms with E-state index in [0.717, 1.165) is 6.42 Å². The molecule has 3 heteroatoms. The number of hydrogen-bond donors (Lipinski definition) is 1. The zero-order valence-electron chi connectivity index (χ0n) is 13.3. The predicted molar refractivity (Wildman–Crippen MR) is 83.6 cm³/mol. The first-order valence-corrected chi connectivity index (χ1v) is 8.12. The first-order chi connectivity index (χ1) is 9.70. The van der Waals surface area contributed by atoms with Gasteiger partial charge in [0.05, 0.1) is 13.2 Å². The van der Waals surface area contributed by atoms with E-state index in [0.29, 0.717) is 6.42 Å². The predicted octanol–water partition coefficient (Wildman–Crippen LogP) is 4.39. The van der Waals surface area contributed by atoms with Crippen LogP contribution < -0.4 is 0 Å². The number of aliphatic hydroxyl groups is 1. The lowest BCUT2D eigenvalue weighted by atomic mass is 10.1. The highest BCUT2D eigenvalue weighted by atomic mass is 16.5. The molecule has 0 heterocycles. The van der Waals surface area contributed by atoms with Gasteiger partial charge < -0.3 is 9.84 Å². The quantitative estimate of drug-likeness (QED) is 0.310. The smallest absolute Gasteiger partial charge is 0.305 e. The summed E-state index contributed by atoms with van der Waals surface area (Å²) in [7, 11) is 1.37. The molecule has 118 valence electrons. The topological polar surface area (TPSA) is 46.5 Å². The van der Waals surface area contributed by atoms with Gasteiger partial charge >= 0.3 is 5.97 Å². The van der Waals surface area contributed by atoms with E-state index in [1.807, 2.05) is 6.08 Å². The van der Waals surface area contributed by atoms with Crippen molar-refractivity contribution >= 4 is 5.97 Å². The molecule has 0 amide bonds. The molecule has 0 saturated carbocycles. The molecular weight excluding hydrogens is 252 g/mol. The average Bonchev–Trinajstić information content (AvgIpc) is 2.46. The summed E-state index contributed by atoms with van der Waals surface area (Å²) >= 11 is 0. The minimum Gasteiger partial charge on any atom is -0.469 e. The summed E-state index contributed by atoms with van der Waals surface area (Å²) in [5.41, 5.74) is 0. The average molecular weight is 284 g/mol. The number of hydrogen-bond acceptors (Lipinski definition) is 3. The number of ether oxygens (including phenoxy) is 1. The lowest BCUT2D eigenvalue weighted by molar-refractivity contribution is -0.141. The lowest BCUT2D eigenvalue weighted by Crippen LogP contribution is -2.07. The Labute approximate surface area is 124 Å². The van der Waals surface area contributed by atoms with E-state index in [1.165, 1.54) is 58.5 Å². The third-order valence-corrected chi connectivity index (χ3v) is 3.45. The molecule has 0 rings (SSSR count). The van der Waals surface area contributed by atoms with Crippen LogP contribution in [-0.2, 0) is 9.53 Å². The molecule has 0 aromatic heterocycles.